The van der Waals surface area contributed by atoms with E-state index < -0.39 is 5.97 Å². The van der Waals surface area contributed by atoms with Gasteiger partial charge in [0, 0.05) is 25.6 Å². The Bertz CT molecular complexity index is 300. The Morgan fingerprint density at radius 1 is 1.41 bits per heavy atom. The molecule has 1 saturated heterocycles. The number of carboxylic acids is 1. The maximum absolute atomic E-state index is 11.8. The molecule has 0 aromatic carbocycles. The van der Waals surface area contributed by atoms with Gasteiger partial charge >= 0.3 is 5.97 Å². The molecule has 2 fully saturated rings. The van der Waals surface area contributed by atoms with Crippen LogP contribution >= 0.6 is 0 Å². The van der Waals surface area contributed by atoms with Crippen molar-refractivity contribution in [2.45, 2.75) is 50.6 Å². The predicted molar refractivity (Wildman–Crippen MR) is 62.6 cm³/mol. The summed E-state index contributed by atoms with van der Waals surface area (Å²) in [5.41, 5.74) is 0. The first-order chi connectivity index (χ1) is 8.18. The third-order valence-electron chi connectivity index (χ3n) is 3.80. The molecule has 17 heavy (non-hydrogen) atoms. The van der Waals surface area contributed by atoms with Gasteiger partial charge in [-0.05, 0) is 19.3 Å². The van der Waals surface area contributed by atoms with Gasteiger partial charge in [-0.3, -0.25) is 14.5 Å². The largest absolute Gasteiger partial charge is 0.481 e. The van der Waals surface area contributed by atoms with Gasteiger partial charge < -0.3 is 10.4 Å². The van der Waals surface area contributed by atoms with Gasteiger partial charge in [0.15, 0.2) is 0 Å². The highest BCUT2D eigenvalue weighted by Crippen LogP contribution is 2.27. The molecule has 1 heterocycles. The molecule has 1 saturated carbocycles. The number of carbonyl (C=O) groups is 2. The van der Waals surface area contributed by atoms with E-state index in [4.69, 9.17) is 5.11 Å². The Morgan fingerprint density at radius 2 is 2.12 bits per heavy atom. The number of piperazine rings is 1. The molecule has 2 aliphatic rings. The van der Waals surface area contributed by atoms with E-state index in [-0.39, 0.29) is 18.4 Å². The summed E-state index contributed by atoms with van der Waals surface area (Å²) >= 11 is 0. The highest BCUT2D eigenvalue weighted by molar-refractivity contribution is 5.83. The molecular formula is C12H20N2O3. The van der Waals surface area contributed by atoms with Crippen molar-refractivity contribution in [1.29, 1.82) is 0 Å². The predicted octanol–water partition coefficient (Wildman–Crippen LogP) is 0.594. The van der Waals surface area contributed by atoms with Gasteiger partial charge in [-0.1, -0.05) is 12.8 Å². The third kappa shape index (κ3) is 2.97. The fourth-order valence-corrected chi connectivity index (χ4v) is 2.96. The summed E-state index contributed by atoms with van der Waals surface area (Å²) in [6.07, 6.45) is 5.26. The molecule has 5 nitrogen and oxygen atoms in total. The first kappa shape index (κ1) is 12.4. The number of carbonyl (C=O) groups excluding carboxylic acids is 1. The lowest BCUT2D eigenvalue weighted by atomic mass is 10.0. The Labute approximate surface area is 101 Å². The summed E-state index contributed by atoms with van der Waals surface area (Å²) in [6.45, 7) is 1.56. The molecule has 0 bridgehead atoms. The van der Waals surface area contributed by atoms with Gasteiger partial charge in [0.2, 0.25) is 5.91 Å². The van der Waals surface area contributed by atoms with Gasteiger partial charge in [0.05, 0.1) is 6.04 Å². The Balaban J connectivity index is 1.99. The summed E-state index contributed by atoms with van der Waals surface area (Å²) in [5, 5.41) is 11.6. The van der Waals surface area contributed by atoms with Crippen LogP contribution in [0.5, 0.6) is 0 Å². The minimum absolute atomic E-state index is 0.00407. The quantitative estimate of drug-likeness (QED) is 0.754. The lowest BCUT2D eigenvalue weighted by Gasteiger charge is -2.39. The zero-order chi connectivity index (χ0) is 12.3. The molecular weight excluding hydrogens is 220 g/mol. The number of rotatable bonds is 4. The van der Waals surface area contributed by atoms with Crippen molar-refractivity contribution in [3.8, 4) is 0 Å². The number of amides is 1. The highest BCUT2D eigenvalue weighted by Gasteiger charge is 2.35. The van der Waals surface area contributed by atoms with Crippen LogP contribution in [0.1, 0.15) is 38.5 Å². The first-order valence-electron chi connectivity index (χ1n) is 6.44. The van der Waals surface area contributed by atoms with E-state index in [0.29, 0.717) is 19.0 Å². The minimum atomic E-state index is -0.824. The van der Waals surface area contributed by atoms with Gasteiger partial charge in [-0.15, -0.1) is 0 Å². The Kier molecular flexibility index (Phi) is 3.99. The molecule has 0 radical (unpaired) electrons. The lowest BCUT2D eigenvalue weighted by molar-refractivity contribution is -0.138. The molecule has 2 N–H and O–H groups in total. The number of hydrogen-bond donors (Lipinski definition) is 2. The fourth-order valence-electron chi connectivity index (χ4n) is 2.96. The molecule has 0 aromatic heterocycles. The molecule has 96 valence electrons. The van der Waals surface area contributed by atoms with E-state index >= 15 is 0 Å². The van der Waals surface area contributed by atoms with Crippen molar-refractivity contribution < 1.29 is 14.7 Å². The second-order valence-electron chi connectivity index (χ2n) is 4.92. The number of hydrogen-bond acceptors (Lipinski definition) is 3. The van der Waals surface area contributed by atoms with Crippen LogP contribution in [0.3, 0.4) is 0 Å². The van der Waals surface area contributed by atoms with Crippen LogP contribution in [0.25, 0.3) is 0 Å². The summed E-state index contributed by atoms with van der Waals surface area (Å²) in [6, 6.07) is 0.253. The van der Waals surface area contributed by atoms with Crippen LogP contribution in [0.15, 0.2) is 0 Å². The topological polar surface area (TPSA) is 69.6 Å². The monoisotopic (exact) mass is 240 g/mol. The molecule has 5 heteroatoms. The maximum atomic E-state index is 11.8. The van der Waals surface area contributed by atoms with Crippen LogP contribution in [0.2, 0.25) is 0 Å². The summed E-state index contributed by atoms with van der Waals surface area (Å²) < 4.78 is 0. The number of nitrogens with zero attached hydrogens (tertiary/aromatic N) is 1. The average Bonchev–Trinajstić information content (AvgIpc) is 2.80. The number of nitrogens with one attached hydrogen (secondary N) is 1. The normalized spacial score (nSPS) is 27.1. The maximum Gasteiger partial charge on any atom is 0.303 e. The van der Waals surface area contributed by atoms with E-state index in [1.165, 1.54) is 12.8 Å². The van der Waals surface area contributed by atoms with Crippen LogP contribution in [0.4, 0.5) is 0 Å². The van der Waals surface area contributed by atoms with E-state index in [2.05, 4.69) is 10.2 Å². The molecule has 0 spiro atoms. The van der Waals surface area contributed by atoms with Crippen LogP contribution in [-0.2, 0) is 9.59 Å². The van der Waals surface area contributed by atoms with Gasteiger partial charge in [-0.2, -0.15) is 0 Å². The van der Waals surface area contributed by atoms with E-state index in [1.54, 1.807) is 0 Å². The standard InChI is InChI=1S/C12H20N2O3/c15-11(16)6-5-10-12(17)13-7-8-14(10)9-3-1-2-4-9/h9-10H,1-8H2,(H,13,17)(H,15,16). The summed E-state index contributed by atoms with van der Waals surface area (Å²) in [7, 11) is 0. The van der Waals surface area contributed by atoms with Crippen molar-refractivity contribution in [3.05, 3.63) is 0 Å². The van der Waals surface area contributed by atoms with Gasteiger partial charge in [0.1, 0.15) is 0 Å². The highest BCUT2D eigenvalue weighted by atomic mass is 16.4. The Morgan fingerprint density at radius 3 is 2.76 bits per heavy atom. The second kappa shape index (κ2) is 5.49. The first-order valence-corrected chi connectivity index (χ1v) is 6.44. The van der Waals surface area contributed by atoms with Crippen molar-refractivity contribution in [1.82, 2.24) is 10.2 Å². The minimum Gasteiger partial charge on any atom is -0.481 e. The van der Waals surface area contributed by atoms with Crippen molar-refractivity contribution >= 4 is 11.9 Å². The van der Waals surface area contributed by atoms with Crippen molar-refractivity contribution in [3.63, 3.8) is 0 Å². The Hall–Kier alpha value is -1.10. The number of aliphatic carboxylic acids is 1. The average molecular weight is 240 g/mol. The van der Waals surface area contributed by atoms with E-state index in [1.807, 2.05) is 0 Å². The van der Waals surface area contributed by atoms with Gasteiger partial charge in [0.25, 0.3) is 0 Å². The molecule has 1 unspecified atom stereocenters. The van der Waals surface area contributed by atoms with Crippen LogP contribution in [-0.4, -0.2) is 47.1 Å². The zero-order valence-electron chi connectivity index (χ0n) is 10.0. The van der Waals surface area contributed by atoms with Crippen molar-refractivity contribution in [2.24, 2.45) is 0 Å². The van der Waals surface area contributed by atoms with E-state index in [0.717, 1.165) is 19.4 Å². The number of carboxylic acid groups (broad SMARTS) is 1. The third-order valence-corrected chi connectivity index (χ3v) is 3.80. The SMILES string of the molecule is O=C(O)CCC1C(=O)NCCN1C1CCCC1. The fraction of sp³-hybridized carbons (Fsp3) is 0.833. The smallest absolute Gasteiger partial charge is 0.303 e. The zero-order valence-corrected chi connectivity index (χ0v) is 10.0. The summed E-state index contributed by atoms with van der Waals surface area (Å²) in [4.78, 5) is 24.7. The van der Waals surface area contributed by atoms with Gasteiger partial charge in [-0.25, -0.2) is 0 Å². The second-order valence-corrected chi connectivity index (χ2v) is 4.92. The van der Waals surface area contributed by atoms with Crippen LogP contribution in [0, 0.1) is 0 Å². The molecule has 0 aromatic rings. The van der Waals surface area contributed by atoms with Crippen LogP contribution < -0.4 is 5.32 Å². The molecule has 1 aliphatic carbocycles. The molecule has 1 atom stereocenters. The summed E-state index contributed by atoms with van der Waals surface area (Å²) in [5.74, 6) is -0.820. The molecule has 2 rings (SSSR count). The molecule has 1 amide bonds. The lowest BCUT2D eigenvalue weighted by Crippen LogP contribution is -2.58. The van der Waals surface area contributed by atoms with Crippen molar-refractivity contribution in [2.75, 3.05) is 13.1 Å². The van der Waals surface area contributed by atoms with E-state index in [9.17, 15) is 9.59 Å². The molecule has 1 aliphatic heterocycles.